The number of carbonyl (C=O) groups is 3. The van der Waals surface area contributed by atoms with Gasteiger partial charge in [0.25, 0.3) is 17.7 Å². The van der Waals surface area contributed by atoms with Gasteiger partial charge in [0, 0.05) is 11.2 Å². The Morgan fingerprint density at radius 2 is 1.90 bits per heavy atom. The molecule has 106 valence electrons. The highest BCUT2D eigenvalue weighted by molar-refractivity contribution is 6.30. The number of nitrogens with two attached hydrogens (primary N) is 1. The number of nitrogen functional groups attached to an aromatic ring is 1. The quantitative estimate of drug-likeness (QED) is 0.614. The molecule has 0 radical (unpaired) electrons. The van der Waals surface area contributed by atoms with Crippen molar-refractivity contribution in [1.29, 1.82) is 0 Å². The molecule has 20 heavy (non-hydrogen) atoms. The lowest BCUT2D eigenvalue weighted by molar-refractivity contribution is -0.125. The van der Waals surface area contributed by atoms with Crippen LogP contribution in [0, 0.1) is 0 Å². The normalized spacial score (nSPS) is 14.7. The molecule has 6 nitrogen and oxygen atoms in total. The van der Waals surface area contributed by atoms with E-state index in [0.29, 0.717) is 4.90 Å². The van der Waals surface area contributed by atoms with Crippen molar-refractivity contribution in [3.05, 3.63) is 29.3 Å². The molecule has 1 aliphatic heterocycles. The average Bonchev–Trinajstić information content (AvgIpc) is 2.59. The molecule has 3 amide bonds. The molecule has 1 heterocycles. The molecule has 0 fully saturated rings. The summed E-state index contributed by atoms with van der Waals surface area (Å²) in [7, 11) is 0. The summed E-state index contributed by atoms with van der Waals surface area (Å²) in [5, 5.41) is 2.95. The van der Waals surface area contributed by atoms with E-state index in [2.05, 4.69) is 5.32 Å². The summed E-state index contributed by atoms with van der Waals surface area (Å²) in [4.78, 5) is 37.0. The van der Waals surface area contributed by atoms with Gasteiger partial charge >= 0.3 is 0 Å². The van der Waals surface area contributed by atoms with Crippen molar-refractivity contribution in [3.63, 3.8) is 0 Å². The zero-order chi connectivity index (χ0) is 15.1. The first kappa shape index (κ1) is 14.2. The van der Waals surface area contributed by atoms with Crippen LogP contribution in [-0.4, -0.2) is 34.7 Å². The third kappa shape index (κ3) is 2.42. The fourth-order valence-corrected chi connectivity index (χ4v) is 1.96. The molecule has 0 aromatic heterocycles. The van der Waals surface area contributed by atoms with Crippen molar-refractivity contribution in [1.82, 2.24) is 10.2 Å². The Labute approximate surface area is 116 Å². The predicted octanol–water partition coefficient (Wildman–Crippen LogP) is 0.779. The van der Waals surface area contributed by atoms with Gasteiger partial charge < -0.3 is 11.1 Å². The zero-order valence-corrected chi connectivity index (χ0v) is 11.7. The number of nitrogens with zero attached hydrogens (tertiary/aromatic N) is 1. The van der Waals surface area contributed by atoms with Gasteiger partial charge in [-0.15, -0.1) is 0 Å². The highest BCUT2D eigenvalue weighted by Gasteiger charge is 2.40. The van der Waals surface area contributed by atoms with Gasteiger partial charge in [0.15, 0.2) is 0 Å². The summed E-state index contributed by atoms with van der Waals surface area (Å²) < 4.78 is 0. The van der Waals surface area contributed by atoms with Crippen LogP contribution in [0.4, 0.5) is 5.69 Å². The number of hydrogen-bond donors (Lipinski definition) is 2. The van der Waals surface area contributed by atoms with Crippen molar-refractivity contribution in [2.45, 2.75) is 26.3 Å². The fourth-order valence-electron chi connectivity index (χ4n) is 1.96. The smallest absolute Gasteiger partial charge is 0.270 e. The standard InChI is InChI=1S/C14H17N3O3/c1-14(2,3)16-7-10(18)17-12(19)8-5-4-6-9(15)11(8)13(17)20/h4-6,16H,7,15H2,1-3H3. The second-order valence-electron chi connectivity index (χ2n) is 5.71. The van der Waals surface area contributed by atoms with E-state index in [9.17, 15) is 14.4 Å². The van der Waals surface area contributed by atoms with E-state index in [1.165, 1.54) is 12.1 Å². The number of carbonyl (C=O) groups excluding carboxylic acids is 3. The van der Waals surface area contributed by atoms with Gasteiger partial charge in [-0.3, -0.25) is 14.4 Å². The Balaban J connectivity index is 2.25. The topological polar surface area (TPSA) is 92.5 Å². The minimum atomic E-state index is -0.649. The lowest BCUT2D eigenvalue weighted by atomic mass is 10.1. The third-order valence-electron chi connectivity index (χ3n) is 2.97. The molecule has 1 aromatic carbocycles. The van der Waals surface area contributed by atoms with Crippen LogP contribution in [0.2, 0.25) is 0 Å². The molecule has 0 saturated heterocycles. The summed E-state index contributed by atoms with van der Waals surface area (Å²) in [5.41, 5.74) is 5.92. The van der Waals surface area contributed by atoms with Crippen LogP contribution < -0.4 is 11.1 Å². The minimum Gasteiger partial charge on any atom is -0.398 e. The summed E-state index contributed by atoms with van der Waals surface area (Å²) in [6, 6.07) is 4.61. The van der Waals surface area contributed by atoms with Crippen LogP contribution in [-0.2, 0) is 4.79 Å². The van der Waals surface area contributed by atoms with Crippen LogP contribution in [0.25, 0.3) is 0 Å². The third-order valence-corrected chi connectivity index (χ3v) is 2.97. The number of hydrogen-bond acceptors (Lipinski definition) is 5. The van der Waals surface area contributed by atoms with Crippen molar-refractivity contribution >= 4 is 23.4 Å². The number of rotatable bonds is 2. The second-order valence-corrected chi connectivity index (χ2v) is 5.71. The number of anilines is 1. The van der Waals surface area contributed by atoms with E-state index in [-0.39, 0.29) is 28.9 Å². The van der Waals surface area contributed by atoms with Crippen LogP contribution in [0.1, 0.15) is 41.5 Å². The number of benzene rings is 1. The van der Waals surface area contributed by atoms with Crippen LogP contribution >= 0.6 is 0 Å². The maximum Gasteiger partial charge on any atom is 0.270 e. The summed E-state index contributed by atoms with van der Waals surface area (Å²) in [6.07, 6.45) is 0. The minimum absolute atomic E-state index is 0.0884. The predicted molar refractivity (Wildman–Crippen MR) is 74.1 cm³/mol. The van der Waals surface area contributed by atoms with E-state index < -0.39 is 17.7 Å². The van der Waals surface area contributed by atoms with E-state index in [1.807, 2.05) is 20.8 Å². The Morgan fingerprint density at radius 1 is 1.25 bits per heavy atom. The molecule has 2 rings (SSSR count). The van der Waals surface area contributed by atoms with E-state index >= 15 is 0 Å². The summed E-state index contributed by atoms with van der Waals surface area (Å²) in [6.45, 7) is 5.58. The molecular formula is C14H17N3O3. The number of nitrogens with one attached hydrogen (secondary N) is 1. The fraction of sp³-hybridized carbons (Fsp3) is 0.357. The SMILES string of the molecule is CC(C)(C)NCC(=O)N1C(=O)c2cccc(N)c2C1=O. The summed E-state index contributed by atoms with van der Waals surface area (Å²) in [5.74, 6) is -1.84. The van der Waals surface area contributed by atoms with Crippen LogP contribution in [0.3, 0.4) is 0 Å². The molecule has 0 saturated carbocycles. The largest absolute Gasteiger partial charge is 0.398 e. The second kappa shape index (κ2) is 4.72. The maximum absolute atomic E-state index is 12.2. The Hall–Kier alpha value is -2.21. The highest BCUT2D eigenvalue weighted by atomic mass is 16.2. The van der Waals surface area contributed by atoms with Crippen molar-refractivity contribution in [3.8, 4) is 0 Å². The molecule has 0 unspecified atom stereocenters. The van der Waals surface area contributed by atoms with Gasteiger partial charge in [0.05, 0.1) is 17.7 Å². The van der Waals surface area contributed by atoms with E-state index in [4.69, 9.17) is 5.73 Å². The molecule has 6 heteroatoms. The van der Waals surface area contributed by atoms with Gasteiger partial charge in [-0.1, -0.05) is 6.07 Å². The lowest BCUT2D eigenvalue weighted by Crippen LogP contribution is -2.46. The molecular weight excluding hydrogens is 258 g/mol. The molecule has 0 spiro atoms. The number of imide groups is 3. The van der Waals surface area contributed by atoms with Gasteiger partial charge in [-0.2, -0.15) is 0 Å². The highest BCUT2D eigenvalue weighted by Crippen LogP contribution is 2.27. The monoisotopic (exact) mass is 275 g/mol. The molecule has 0 atom stereocenters. The first-order chi connectivity index (χ1) is 9.22. The summed E-state index contributed by atoms with van der Waals surface area (Å²) >= 11 is 0. The molecule has 0 aliphatic carbocycles. The van der Waals surface area contributed by atoms with E-state index in [1.54, 1.807) is 6.07 Å². The zero-order valence-electron chi connectivity index (χ0n) is 11.7. The Bertz CT molecular complexity index is 602. The van der Waals surface area contributed by atoms with Crippen molar-refractivity contribution < 1.29 is 14.4 Å². The first-order valence-corrected chi connectivity index (χ1v) is 6.27. The van der Waals surface area contributed by atoms with Crippen LogP contribution in [0.5, 0.6) is 0 Å². The lowest BCUT2D eigenvalue weighted by Gasteiger charge is -2.21. The van der Waals surface area contributed by atoms with Gasteiger partial charge in [-0.05, 0) is 32.9 Å². The van der Waals surface area contributed by atoms with Crippen molar-refractivity contribution in [2.24, 2.45) is 0 Å². The maximum atomic E-state index is 12.2. The molecule has 3 N–H and O–H groups in total. The number of fused-ring (bicyclic) bond motifs is 1. The Morgan fingerprint density at radius 3 is 2.45 bits per heavy atom. The van der Waals surface area contributed by atoms with Gasteiger partial charge in [-0.25, -0.2) is 4.90 Å². The number of amides is 3. The van der Waals surface area contributed by atoms with E-state index in [0.717, 1.165) is 0 Å². The average molecular weight is 275 g/mol. The molecule has 1 aliphatic rings. The van der Waals surface area contributed by atoms with Crippen molar-refractivity contribution in [2.75, 3.05) is 12.3 Å². The van der Waals surface area contributed by atoms with Crippen LogP contribution in [0.15, 0.2) is 18.2 Å². The molecule has 1 aromatic rings. The first-order valence-electron chi connectivity index (χ1n) is 6.27. The van der Waals surface area contributed by atoms with Gasteiger partial charge in [0.2, 0.25) is 0 Å². The molecule has 0 bridgehead atoms. The Kier molecular flexibility index (Phi) is 3.35. The van der Waals surface area contributed by atoms with Gasteiger partial charge in [0.1, 0.15) is 0 Å².